The van der Waals surface area contributed by atoms with Gasteiger partial charge in [0.25, 0.3) is 5.91 Å². The number of rotatable bonds is 5. The molecule has 1 aromatic heterocycles. The molecule has 0 saturated heterocycles. The highest BCUT2D eigenvalue weighted by Crippen LogP contribution is 2.21. The molecule has 3 aromatic rings. The second kappa shape index (κ2) is 7.06. The standard InChI is InChI=1S/C17H16N4O4S/c1-11-3-8-14(9-15(11)26(23,24)18-2)20-16(22)12-4-6-13(7-5-12)17-21-19-10-25-17/h3-10,18H,1-2H3,(H,20,22). The lowest BCUT2D eigenvalue weighted by Crippen LogP contribution is -2.20. The highest BCUT2D eigenvalue weighted by molar-refractivity contribution is 7.89. The van der Waals surface area contributed by atoms with E-state index in [1.807, 2.05) is 0 Å². The Morgan fingerprint density at radius 1 is 1.12 bits per heavy atom. The number of aromatic nitrogens is 2. The molecule has 0 bridgehead atoms. The first-order valence-corrected chi connectivity index (χ1v) is 9.11. The lowest BCUT2D eigenvalue weighted by molar-refractivity contribution is 0.102. The minimum atomic E-state index is -3.61. The van der Waals surface area contributed by atoms with E-state index in [1.54, 1.807) is 43.3 Å². The van der Waals surface area contributed by atoms with Crippen molar-refractivity contribution in [2.45, 2.75) is 11.8 Å². The Kier molecular flexibility index (Phi) is 4.83. The van der Waals surface area contributed by atoms with Gasteiger partial charge in [-0.05, 0) is 55.9 Å². The predicted octanol–water partition coefficient (Wildman–Crippen LogP) is 2.21. The number of carbonyl (C=O) groups is 1. The Balaban J connectivity index is 1.81. The molecule has 1 amide bonds. The third kappa shape index (κ3) is 3.63. The summed E-state index contributed by atoms with van der Waals surface area (Å²) in [6.07, 6.45) is 1.23. The van der Waals surface area contributed by atoms with Gasteiger partial charge in [0.1, 0.15) is 0 Å². The van der Waals surface area contributed by atoms with Crippen LogP contribution in [-0.4, -0.2) is 31.6 Å². The number of amides is 1. The molecular weight excluding hydrogens is 356 g/mol. The zero-order valence-electron chi connectivity index (χ0n) is 14.1. The average molecular weight is 372 g/mol. The summed E-state index contributed by atoms with van der Waals surface area (Å²) in [6, 6.07) is 11.3. The summed E-state index contributed by atoms with van der Waals surface area (Å²) in [5.74, 6) is -0.00357. The third-order valence-corrected chi connectivity index (χ3v) is 5.31. The van der Waals surface area contributed by atoms with Crippen molar-refractivity contribution < 1.29 is 17.6 Å². The van der Waals surface area contributed by atoms with Gasteiger partial charge in [-0.3, -0.25) is 4.79 Å². The maximum atomic E-state index is 12.4. The molecule has 0 aliphatic heterocycles. The van der Waals surface area contributed by atoms with Crippen LogP contribution in [-0.2, 0) is 10.0 Å². The van der Waals surface area contributed by atoms with Crippen LogP contribution < -0.4 is 10.0 Å². The van der Waals surface area contributed by atoms with Gasteiger partial charge in [0.2, 0.25) is 22.3 Å². The SMILES string of the molecule is CNS(=O)(=O)c1cc(NC(=O)c2ccc(-c3nnco3)cc2)ccc1C. The molecule has 0 aliphatic carbocycles. The van der Waals surface area contributed by atoms with Gasteiger partial charge < -0.3 is 9.73 Å². The molecule has 2 N–H and O–H groups in total. The summed E-state index contributed by atoms with van der Waals surface area (Å²) in [7, 11) is -2.27. The topological polar surface area (TPSA) is 114 Å². The first kappa shape index (κ1) is 17.8. The van der Waals surface area contributed by atoms with Crippen LogP contribution in [0.2, 0.25) is 0 Å². The van der Waals surface area contributed by atoms with Gasteiger partial charge in [0.05, 0.1) is 4.90 Å². The van der Waals surface area contributed by atoms with Gasteiger partial charge in [0.15, 0.2) is 0 Å². The molecule has 1 heterocycles. The molecule has 0 aliphatic rings. The van der Waals surface area contributed by atoms with Crippen LogP contribution in [0.1, 0.15) is 15.9 Å². The molecule has 3 rings (SSSR count). The van der Waals surface area contributed by atoms with E-state index in [2.05, 4.69) is 20.2 Å². The monoisotopic (exact) mass is 372 g/mol. The summed E-state index contributed by atoms with van der Waals surface area (Å²) in [5, 5.41) is 10.1. The fourth-order valence-corrected chi connectivity index (χ4v) is 3.34. The van der Waals surface area contributed by atoms with Crippen LogP contribution >= 0.6 is 0 Å². The molecule has 0 spiro atoms. The van der Waals surface area contributed by atoms with Crippen LogP contribution in [0.15, 0.2) is 58.2 Å². The van der Waals surface area contributed by atoms with Crippen molar-refractivity contribution in [3.05, 3.63) is 60.0 Å². The number of benzene rings is 2. The molecule has 0 fully saturated rings. The zero-order chi connectivity index (χ0) is 18.7. The first-order valence-electron chi connectivity index (χ1n) is 7.63. The Labute approximate surface area is 150 Å². The summed E-state index contributed by atoms with van der Waals surface area (Å²) < 4.78 is 31.4. The molecular formula is C17H16N4O4S. The highest BCUT2D eigenvalue weighted by Gasteiger charge is 2.16. The number of carbonyl (C=O) groups excluding carboxylic acids is 1. The summed E-state index contributed by atoms with van der Waals surface area (Å²) in [6.45, 7) is 1.69. The van der Waals surface area contributed by atoms with Gasteiger partial charge in [-0.1, -0.05) is 6.07 Å². The van der Waals surface area contributed by atoms with E-state index in [1.165, 1.54) is 19.5 Å². The number of hydrogen-bond donors (Lipinski definition) is 2. The van der Waals surface area contributed by atoms with Crippen LogP contribution in [0, 0.1) is 6.92 Å². The number of hydrogen-bond acceptors (Lipinski definition) is 6. The Hall–Kier alpha value is -3.04. The largest absolute Gasteiger partial charge is 0.423 e. The number of nitrogens with one attached hydrogen (secondary N) is 2. The van der Waals surface area contributed by atoms with E-state index in [4.69, 9.17) is 4.42 Å². The van der Waals surface area contributed by atoms with Crippen molar-refractivity contribution in [3.8, 4) is 11.5 Å². The molecule has 0 atom stereocenters. The second-order valence-electron chi connectivity index (χ2n) is 5.46. The minimum absolute atomic E-state index is 0.115. The minimum Gasteiger partial charge on any atom is -0.423 e. The lowest BCUT2D eigenvalue weighted by atomic mass is 10.1. The molecule has 9 heteroatoms. The predicted molar refractivity (Wildman–Crippen MR) is 95.1 cm³/mol. The van der Waals surface area contributed by atoms with Gasteiger partial charge in [0, 0.05) is 16.8 Å². The van der Waals surface area contributed by atoms with Crippen molar-refractivity contribution in [2.75, 3.05) is 12.4 Å². The lowest BCUT2D eigenvalue weighted by Gasteiger charge is -2.10. The normalized spacial score (nSPS) is 11.3. The Morgan fingerprint density at radius 3 is 2.46 bits per heavy atom. The van der Waals surface area contributed by atoms with Crippen molar-refractivity contribution in [3.63, 3.8) is 0 Å². The highest BCUT2D eigenvalue weighted by atomic mass is 32.2. The van der Waals surface area contributed by atoms with E-state index < -0.39 is 10.0 Å². The van der Waals surface area contributed by atoms with Gasteiger partial charge in [-0.25, -0.2) is 13.1 Å². The van der Waals surface area contributed by atoms with Crippen LogP contribution in [0.25, 0.3) is 11.5 Å². The van der Waals surface area contributed by atoms with Crippen molar-refractivity contribution in [1.82, 2.24) is 14.9 Å². The van der Waals surface area contributed by atoms with E-state index >= 15 is 0 Å². The van der Waals surface area contributed by atoms with E-state index in [-0.39, 0.29) is 10.8 Å². The van der Waals surface area contributed by atoms with Crippen LogP contribution in [0.5, 0.6) is 0 Å². The van der Waals surface area contributed by atoms with E-state index in [0.29, 0.717) is 28.3 Å². The first-order chi connectivity index (χ1) is 12.4. The molecule has 2 aromatic carbocycles. The van der Waals surface area contributed by atoms with Gasteiger partial charge in [-0.15, -0.1) is 10.2 Å². The number of nitrogens with zero attached hydrogens (tertiary/aromatic N) is 2. The molecule has 8 nitrogen and oxygen atoms in total. The fraction of sp³-hybridized carbons (Fsp3) is 0.118. The average Bonchev–Trinajstić information content (AvgIpc) is 3.18. The second-order valence-corrected chi connectivity index (χ2v) is 7.32. The maximum Gasteiger partial charge on any atom is 0.255 e. The molecule has 26 heavy (non-hydrogen) atoms. The maximum absolute atomic E-state index is 12.4. The van der Waals surface area contributed by atoms with Crippen molar-refractivity contribution >= 4 is 21.6 Å². The smallest absolute Gasteiger partial charge is 0.255 e. The summed E-state index contributed by atoms with van der Waals surface area (Å²) in [4.78, 5) is 12.5. The number of aryl methyl sites for hydroxylation is 1. The van der Waals surface area contributed by atoms with Crippen molar-refractivity contribution in [2.24, 2.45) is 0 Å². The molecule has 0 radical (unpaired) electrons. The molecule has 0 unspecified atom stereocenters. The molecule has 134 valence electrons. The zero-order valence-corrected chi connectivity index (χ0v) is 14.9. The van der Waals surface area contributed by atoms with E-state index in [9.17, 15) is 13.2 Å². The summed E-state index contributed by atoms with van der Waals surface area (Å²) >= 11 is 0. The Bertz CT molecular complexity index is 1030. The number of sulfonamides is 1. The van der Waals surface area contributed by atoms with Crippen LogP contribution in [0.3, 0.4) is 0 Å². The number of anilines is 1. The van der Waals surface area contributed by atoms with Crippen LogP contribution in [0.4, 0.5) is 5.69 Å². The van der Waals surface area contributed by atoms with E-state index in [0.717, 1.165) is 0 Å². The third-order valence-electron chi connectivity index (χ3n) is 3.76. The Morgan fingerprint density at radius 2 is 1.85 bits per heavy atom. The van der Waals surface area contributed by atoms with Crippen molar-refractivity contribution in [1.29, 1.82) is 0 Å². The molecule has 0 saturated carbocycles. The quantitative estimate of drug-likeness (QED) is 0.710. The van der Waals surface area contributed by atoms with Gasteiger partial charge >= 0.3 is 0 Å². The fourth-order valence-electron chi connectivity index (χ4n) is 2.34. The van der Waals surface area contributed by atoms with Gasteiger partial charge in [-0.2, -0.15) is 0 Å². The summed E-state index contributed by atoms with van der Waals surface area (Å²) in [5.41, 5.74) is 2.07.